The first kappa shape index (κ1) is 17.7. The number of halogens is 1. The van der Waals surface area contributed by atoms with Gasteiger partial charge < -0.3 is 16.0 Å². The minimum Gasteiger partial charge on any atom is -0.379 e. The maximum Gasteiger partial charge on any atom is 0.257 e. The number of rotatable bonds is 5. The molecule has 1 aliphatic rings. The van der Waals surface area contributed by atoms with Crippen LogP contribution in [0, 0.1) is 12.7 Å². The van der Waals surface area contributed by atoms with Gasteiger partial charge in [0, 0.05) is 29.3 Å². The summed E-state index contributed by atoms with van der Waals surface area (Å²) in [7, 11) is 0. The van der Waals surface area contributed by atoms with Gasteiger partial charge in [0.2, 0.25) is 0 Å². The van der Waals surface area contributed by atoms with Gasteiger partial charge in [0.15, 0.2) is 0 Å². The molecule has 3 N–H and O–H groups in total. The van der Waals surface area contributed by atoms with Crippen molar-refractivity contribution in [3.05, 3.63) is 89.6 Å². The van der Waals surface area contributed by atoms with Crippen LogP contribution in [0.4, 0.5) is 21.5 Å². The average Bonchev–Trinajstić information content (AvgIpc) is 3.00. The Labute approximate surface area is 162 Å². The van der Waals surface area contributed by atoms with E-state index in [1.54, 1.807) is 18.5 Å². The molecule has 0 spiro atoms. The lowest BCUT2D eigenvalue weighted by molar-refractivity contribution is -0.110. The van der Waals surface area contributed by atoms with Gasteiger partial charge in [-0.3, -0.25) is 9.78 Å². The van der Waals surface area contributed by atoms with Crippen molar-refractivity contribution in [2.45, 2.75) is 13.5 Å². The average molecular weight is 374 g/mol. The summed E-state index contributed by atoms with van der Waals surface area (Å²) < 4.78 is 13.3. The molecule has 1 amide bonds. The first-order valence-electron chi connectivity index (χ1n) is 8.92. The lowest BCUT2D eigenvalue weighted by atomic mass is 10.1. The van der Waals surface area contributed by atoms with Gasteiger partial charge in [-0.05, 0) is 61.0 Å². The highest BCUT2D eigenvalue weighted by atomic mass is 19.1. The molecule has 0 saturated heterocycles. The molecule has 2 heterocycles. The van der Waals surface area contributed by atoms with Crippen LogP contribution >= 0.6 is 0 Å². The second-order valence-electron chi connectivity index (χ2n) is 6.55. The Balaban J connectivity index is 1.47. The van der Waals surface area contributed by atoms with Gasteiger partial charge in [-0.25, -0.2) is 4.39 Å². The summed E-state index contributed by atoms with van der Waals surface area (Å²) in [6.45, 7) is 2.66. The van der Waals surface area contributed by atoms with Crippen LogP contribution in [0.5, 0.6) is 0 Å². The Hall–Kier alpha value is -3.67. The standard InChI is InChI=1S/C22H19FN4O/c1-14-10-16(6-8-20(14)26-12-17-4-2-3-9-24-17)25-13-19-18-7-5-15(23)11-21(18)27-22(19)28/h2-11,13,25-26H,12H2,1H3,(H,27,28). The molecule has 4 rings (SSSR count). The Bertz CT molecular complexity index is 1060. The van der Waals surface area contributed by atoms with Crippen LogP contribution in [0.15, 0.2) is 67.0 Å². The van der Waals surface area contributed by atoms with Gasteiger partial charge in [-0.1, -0.05) is 6.07 Å². The first-order chi connectivity index (χ1) is 13.6. The zero-order valence-corrected chi connectivity index (χ0v) is 15.3. The molecule has 0 unspecified atom stereocenters. The number of aromatic nitrogens is 1. The number of carbonyl (C=O) groups is 1. The highest BCUT2D eigenvalue weighted by Gasteiger charge is 2.24. The van der Waals surface area contributed by atoms with E-state index in [0.717, 1.165) is 22.6 Å². The van der Waals surface area contributed by atoms with Crippen LogP contribution in [0.25, 0.3) is 5.57 Å². The molecule has 0 fully saturated rings. The zero-order chi connectivity index (χ0) is 19.5. The molecule has 0 saturated carbocycles. The summed E-state index contributed by atoms with van der Waals surface area (Å²) in [5.74, 6) is -0.629. The van der Waals surface area contributed by atoms with Crippen LogP contribution < -0.4 is 16.0 Å². The fourth-order valence-electron chi connectivity index (χ4n) is 3.11. The summed E-state index contributed by atoms with van der Waals surface area (Å²) >= 11 is 0. The quantitative estimate of drug-likeness (QED) is 0.574. The van der Waals surface area contributed by atoms with E-state index in [4.69, 9.17) is 0 Å². The third kappa shape index (κ3) is 3.71. The van der Waals surface area contributed by atoms with Gasteiger partial charge in [-0.2, -0.15) is 0 Å². The van der Waals surface area contributed by atoms with E-state index in [1.807, 2.05) is 43.3 Å². The summed E-state index contributed by atoms with van der Waals surface area (Å²) in [6, 6.07) is 16.0. The summed E-state index contributed by atoms with van der Waals surface area (Å²) in [6.07, 6.45) is 3.42. The lowest BCUT2D eigenvalue weighted by Gasteiger charge is -2.11. The first-order valence-corrected chi connectivity index (χ1v) is 8.92. The number of aryl methyl sites for hydroxylation is 1. The van der Waals surface area contributed by atoms with E-state index < -0.39 is 0 Å². The van der Waals surface area contributed by atoms with E-state index >= 15 is 0 Å². The van der Waals surface area contributed by atoms with Crippen molar-refractivity contribution in [1.82, 2.24) is 4.98 Å². The van der Waals surface area contributed by atoms with Crippen LogP contribution in [0.3, 0.4) is 0 Å². The van der Waals surface area contributed by atoms with Crippen molar-refractivity contribution in [1.29, 1.82) is 0 Å². The summed E-state index contributed by atoms with van der Waals surface area (Å²) in [4.78, 5) is 16.4. The number of anilines is 3. The number of fused-ring (bicyclic) bond motifs is 1. The largest absolute Gasteiger partial charge is 0.379 e. The molecule has 3 aromatic rings. The van der Waals surface area contributed by atoms with E-state index in [2.05, 4.69) is 20.9 Å². The molecule has 0 radical (unpaired) electrons. The summed E-state index contributed by atoms with van der Waals surface area (Å²) in [5, 5.41) is 9.21. The third-order valence-corrected chi connectivity index (χ3v) is 4.56. The molecule has 0 bridgehead atoms. The number of amides is 1. The van der Waals surface area contributed by atoms with Crippen molar-refractivity contribution in [2.75, 3.05) is 16.0 Å². The van der Waals surface area contributed by atoms with E-state index in [-0.39, 0.29) is 11.7 Å². The monoisotopic (exact) mass is 374 g/mol. The van der Waals surface area contributed by atoms with Crippen molar-refractivity contribution < 1.29 is 9.18 Å². The van der Waals surface area contributed by atoms with Crippen molar-refractivity contribution in [3.8, 4) is 0 Å². The van der Waals surface area contributed by atoms with Crippen LogP contribution in [-0.2, 0) is 11.3 Å². The molecule has 0 aliphatic carbocycles. The normalized spacial score (nSPS) is 13.9. The molecule has 1 aliphatic heterocycles. The lowest BCUT2D eigenvalue weighted by Crippen LogP contribution is -2.05. The fourth-order valence-corrected chi connectivity index (χ4v) is 3.11. The second-order valence-corrected chi connectivity index (χ2v) is 6.55. The smallest absolute Gasteiger partial charge is 0.257 e. The van der Waals surface area contributed by atoms with Gasteiger partial charge in [0.05, 0.1) is 23.5 Å². The van der Waals surface area contributed by atoms with Crippen molar-refractivity contribution >= 4 is 28.5 Å². The van der Waals surface area contributed by atoms with E-state index in [1.165, 1.54) is 12.1 Å². The van der Waals surface area contributed by atoms with E-state index in [0.29, 0.717) is 23.4 Å². The second kappa shape index (κ2) is 7.52. The SMILES string of the molecule is Cc1cc(NC=C2C(=O)Nc3cc(F)ccc32)ccc1NCc1ccccn1. The van der Waals surface area contributed by atoms with Crippen molar-refractivity contribution in [2.24, 2.45) is 0 Å². The molecule has 140 valence electrons. The molecule has 2 aromatic carbocycles. The van der Waals surface area contributed by atoms with Crippen LogP contribution in [-0.4, -0.2) is 10.9 Å². The fraction of sp³-hybridized carbons (Fsp3) is 0.0909. The highest BCUT2D eigenvalue weighted by molar-refractivity contribution is 6.31. The molecule has 5 nitrogen and oxygen atoms in total. The Morgan fingerprint density at radius 1 is 1.14 bits per heavy atom. The molecule has 1 aromatic heterocycles. The van der Waals surface area contributed by atoms with Crippen LogP contribution in [0.1, 0.15) is 16.8 Å². The Morgan fingerprint density at radius 2 is 2.04 bits per heavy atom. The maximum atomic E-state index is 13.3. The Kier molecular flexibility index (Phi) is 4.76. The van der Waals surface area contributed by atoms with Gasteiger partial charge >= 0.3 is 0 Å². The van der Waals surface area contributed by atoms with Gasteiger partial charge in [0.1, 0.15) is 5.82 Å². The zero-order valence-electron chi connectivity index (χ0n) is 15.3. The number of nitrogens with one attached hydrogen (secondary N) is 3. The minimum absolute atomic E-state index is 0.251. The number of benzene rings is 2. The maximum absolute atomic E-state index is 13.3. The molecular weight excluding hydrogens is 355 g/mol. The third-order valence-electron chi connectivity index (χ3n) is 4.56. The highest BCUT2D eigenvalue weighted by Crippen LogP contribution is 2.32. The van der Waals surface area contributed by atoms with Gasteiger partial charge in [-0.15, -0.1) is 0 Å². The van der Waals surface area contributed by atoms with Gasteiger partial charge in [0.25, 0.3) is 5.91 Å². The molecule has 28 heavy (non-hydrogen) atoms. The summed E-state index contributed by atoms with van der Waals surface area (Å²) in [5.41, 5.74) is 5.56. The molecule has 6 heteroatoms. The number of nitrogens with zero attached hydrogens (tertiary/aromatic N) is 1. The number of pyridine rings is 1. The predicted molar refractivity (Wildman–Crippen MR) is 109 cm³/mol. The minimum atomic E-state index is -0.377. The Morgan fingerprint density at radius 3 is 2.82 bits per heavy atom. The molecule has 0 atom stereocenters. The number of hydrogen-bond donors (Lipinski definition) is 3. The van der Waals surface area contributed by atoms with Crippen molar-refractivity contribution in [3.63, 3.8) is 0 Å². The topological polar surface area (TPSA) is 66.1 Å². The van der Waals surface area contributed by atoms with E-state index in [9.17, 15) is 9.18 Å². The predicted octanol–water partition coefficient (Wildman–Crippen LogP) is 4.55. The number of carbonyl (C=O) groups excluding carboxylic acids is 1. The number of hydrogen-bond acceptors (Lipinski definition) is 4. The molecular formula is C22H19FN4O. The van der Waals surface area contributed by atoms with Crippen LogP contribution in [0.2, 0.25) is 0 Å².